The van der Waals surface area contributed by atoms with Crippen LogP contribution < -0.4 is 5.73 Å². The molecule has 1 aromatic heterocycles. The predicted molar refractivity (Wildman–Crippen MR) is 92.7 cm³/mol. The zero-order valence-corrected chi connectivity index (χ0v) is 14.2. The molecule has 3 atom stereocenters. The number of hydrogen-bond acceptors (Lipinski definition) is 4. The second kappa shape index (κ2) is 5.89. The summed E-state index contributed by atoms with van der Waals surface area (Å²) in [5.41, 5.74) is 7.62. The van der Waals surface area contributed by atoms with Crippen molar-refractivity contribution in [3.63, 3.8) is 0 Å². The Morgan fingerprint density at radius 1 is 1.35 bits per heavy atom. The van der Waals surface area contributed by atoms with Gasteiger partial charge in [-0.05, 0) is 36.8 Å². The molecule has 23 heavy (non-hydrogen) atoms. The van der Waals surface area contributed by atoms with Gasteiger partial charge in [0.05, 0.1) is 0 Å². The minimum absolute atomic E-state index is 0.0242. The van der Waals surface area contributed by atoms with Crippen LogP contribution in [-0.2, 0) is 0 Å². The van der Waals surface area contributed by atoms with Crippen LogP contribution in [0.1, 0.15) is 23.3 Å². The number of hydrogen-bond donors (Lipinski definition) is 1. The maximum Gasteiger partial charge on any atom is 0.273 e. The van der Waals surface area contributed by atoms with E-state index >= 15 is 0 Å². The molecule has 0 bridgehead atoms. The first-order valence-electron chi connectivity index (χ1n) is 7.88. The van der Waals surface area contributed by atoms with Gasteiger partial charge in [-0.3, -0.25) is 4.79 Å². The summed E-state index contributed by atoms with van der Waals surface area (Å²) in [6, 6.07) is 7.79. The third-order valence-corrected chi connectivity index (χ3v) is 6.12. The number of rotatable bonds is 2. The van der Waals surface area contributed by atoms with Gasteiger partial charge in [0.15, 0.2) is 0 Å². The fraction of sp³-hybridized carbons (Fsp3) is 0.412. The Hall–Kier alpha value is -1.43. The summed E-state index contributed by atoms with van der Waals surface area (Å²) < 4.78 is 0. The standard InChI is InChI=1S/C17H18ClN3OS/c18-12-3-1-2-10(6-12)16-20-15(9-23-16)17(22)21-7-11-4-5-14(19)13(11)8-21/h1-3,6,9,11,13-14H,4-5,7-8,19H2. The largest absolute Gasteiger partial charge is 0.337 e. The average molecular weight is 348 g/mol. The molecule has 4 rings (SSSR count). The van der Waals surface area contributed by atoms with Crippen molar-refractivity contribution in [3.8, 4) is 10.6 Å². The Labute approximate surface area is 144 Å². The van der Waals surface area contributed by atoms with Crippen molar-refractivity contribution in [2.24, 2.45) is 17.6 Å². The van der Waals surface area contributed by atoms with E-state index in [0.717, 1.165) is 36.5 Å². The van der Waals surface area contributed by atoms with Crippen LogP contribution >= 0.6 is 22.9 Å². The minimum atomic E-state index is 0.0242. The topological polar surface area (TPSA) is 59.2 Å². The van der Waals surface area contributed by atoms with E-state index in [2.05, 4.69) is 4.98 Å². The van der Waals surface area contributed by atoms with Crippen LogP contribution in [-0.4, -0.2) is 34.9 Å². The minimum Gasteiger partial charge on any atom is -0.337 e. The van der Waals surface area contributed by atoms with Crippen molar-refractivity contribution in [1.82, 2.24) is 9.88 Å². The summed E-state index contributed by atoms with van der Waals surface area (Å²) in [5, 5.41) is 3.34. The SMILES string of the molecule is NC1CCC2CN(C(=O)c3csc(-c4cccc(Cl)c4)n3)CC12. The van der Waals surface area contributed by atoms with Crippen LogP contribution in [0.25, 0.3) is 10.6 Å². The summed E-state index contributed by atoms with van der Waals surface area (Å²) in [7, 11) is 0. The number of fused-ring (bicyclic) bond motifs is 1. The van der Waals surface area contributed by atoms with E-state index in [9.17, 15) is 4.79 Å². The van der Waals surface area contributed by atoms with Gasteiger partial charge in [0.1, 0.15) is 10.7 Å². The molecule has 2 aromatic rings. The molecule has 6 heteroatoms. The first kappa shape index (κ1) is 15.1. The maximum absolute atomic E-state index is 12.7. The Morgan fingerprint density at radius 3 is 3.00 bits per heavy atom. The van der Waals surface area contributed by atoms with Crippen LogP contribution in [0.4, 0.5) is 0 Å². The molecule has 1 amide bonds. The van der Waals surface area contributed by atoms with Crippen LogP contribution in [0.2, 0.25) is 5.02 Å². The van der Waals surface area contributed by atoms with Gasteiger partial charge >= 0.3 is 0 Å². The fourth-order valence-corrected chi connectivity index (χ4v) is 4.74. The van der Waals surface area contributed by atoms with Crippen molar-refractivity contribution >= 4 is 28.8 Å². The van der Waals surface area contributed by atoms with Crippen molar-refractivity contribution < 1.29 is 4.79 Å². The molecule has 1 saturated carbocycles. The maximum atomic E-state index is 12.7. The lowest BCUT2D eigenvalue weighted by Gasteiger charge is -2.17. The number of halogens is 1. The molecular weight excluding hydrogens is 330 g/mol. The number of aromatic nitrogens is 1. The number of amides is 1. The smallest absolute Gasteiger partial charge is 0.273 e. The van der Waals surface area contributed by atoms with E-state index < -0.39 is 0 Å². The molecule has 120 valence electrons. The number of thiazole rings is 1. The lowest BCUT2D eigenvalue weighted by Crippen LogP contribution is -2.33. The van der Waals surface area contributed by atoms with Crippen molar-refractivity contribution in [1.29, 1.82) is 0 Å². The number of carbonyl (C=O) groups is 1. The number of nitrogens with zero attached hydrogens (tertiary/aromatic N) is 2. The van der Waals surface area contributed by atoms with Gasteiger partial charge in [-0.15, -0.1) is 11.3 Å². The lowest BCUT2D eigenvalue weighted by molar-refractivity contribution is 0.0774. The molecular formula is C17H18ClN3OS. The van der Waals surface area contributed by atoms with Crippen LogP contribution in [0, 0.1) is 11.8 Å². The molecule has 3 unspecified atom stereocenters. The van der Waals surface area contributed by atoms with Crippen LogP contribution in [0.15, 0.2) is 29.6 Å². The third kappa shape index (κ3) is 2.77. The third-order valence-electron chi connectivity index (χ3n) is 4.99. The Kier molecular flexibility index (Phi) is 3.87. The molecule has 0 spiro atoms. The van der Waals surface area contributed by atoms with Crippen molar-refractivity contribution in [3.05, 3.63) is 40.4 Å². The van der Waals surface area contributed by atoms with E-state index in [1.807, 2.05) is 34.5 Å². The molecule has 0 radical (unpaired) electrons. The van der Waals surface area contributed by atoms with E-state index in [1.54, 1.807) is 0 Å². The van der Waals surface area contributed by atoms with Gasteiger partial charge in [0.25, 0.3) is 5.91 Å². The quantitative estimate of drug-likeness (QED) is 0.907. The van der Waals surface area contributed by atoms with Crippen molar-refractivity contribution in [2.75, 3.05) is 13.1 Å². The van der Waals surface area contributed by atoms with Crippen molar-refractivity contribution in [2.45, 2.75) is 18.9 Å². The molecule has 1 saturated heterocycles. The highest BCUT2D eigenvalue weighted by Gasteiger charge is 2.42. The molecule has 1 aliphatic carbocycles. The lowest BCUT2D eigenvalue weighted by atomic mass is 9.98. The monoisotopic (exact) mass is 347 g/mol. The second-order valence-corrected chi connectivity index (χ2v) is 7.72. The molecule has 2 heterocycles. The van der Waals surface area contributed by atoms with E-state index in [4.69, 9.17) is 17.3 Å². The highest BCUT2D eigenvalue weighted by molar-refractivity contribution is 7.13. The highest BCUT2D eigenvalue weighted by Crippen LogP contribution is 2.37. The molecule has 1 aromatic carbocycles. The number of benzene rings is 1. The highest BCUT2D eigenvalue weighted by atomic mass is 35.5. The Balaban J connectivity index is 1.52. The van der Waals surface area contributed by atoms with Gasteiger partial charge in [0.2, 0.25) is 0 Å². The van der Waals surface area contributed by atoms with Gasteiger partial charge in [0, 0.05) is 35.1 Å². The zero-order valence-electron chi connectivity index (χ0n) is 12.6. The predicted octanol–water partition coefficient (Wildman–Crippen LogP) is 3.27. The van der Waals surface area contributed by atoms with Gasteiger partial charge < -0.3 is 10.6 Å². The van der Waals surface area contributed by atoms with Crippen LogP contribution in [0.3, 0.4) is 0 Å². The van der Waals surface area contributed by atoms with Gasteiger partial charge in [-0.25, -0.2) is 4.98 Å². The summed E-state index contributed by atoms with van der Waals surface area (Å²) in [6.07, 6.45) is 2.23. The number of carbonyl (C=O) groups excluding carboxylic acids is 1. The number of nitrogens with two attached hydrogens (primary N) is 1. The number of likely N-dealkylation sites (tertiary alicyclic amines) is 1. The summed E-state index contributed by atoms with van der Waals surface area (Å²) in [4.78, 5) is 19.1. The van der Waals surface area contributed by atoms with E-state index in [-0.39, 0.29) is 11.9 Å². The Bertz CT molecular complexity index is 747. The van der Waals surface area contributed by atoms with Gasteiger partial charge in [-0.1, -0.05) is 23.7 Å². The molecule has 2 N–H and O–H groups in total. The average Bonchev–Trinajstić information content (AvgIpc) is 3.24. The normalized spacial score (nSPS) is 26.5. The van der Waals surface area contributed by atoms with Gasteiger partial charge in [-0.2, -0.15) is 0 Å². The summed E-state index contributed by atoms with van der Waals surface area (Å²) in [6.45, 7) is 1.59. The fourth-order valence-electron chi connectivity index (χ4n) is 3.76. The van der Waals surface area contributed by atoms with Crippen LogP contribution in [0.5, 0.6) is 0 Å². The first-order chi connectivity index (χ1) is 11.1. The molecule has 2 fully saturated rings. The summed E-state index contributed by atoms with van der Waals surface area (Å²) in [5.74, 6) is 1.06. The zero-order chi connectivity index (χ0) is 16.0. The summed E-state index contributed by atoms with van der Waals surface area (Å²) >= 11 is 7.50. The second-order valence-electron chi connectivity index (χ2n) is 6.42. The molecule has 2 aliphatic rings. The first-order valence-corrected chi connectivity index (χ1v) is 9.14. The molecule has 1 aliphatic heterocycles. The molecule has 4 nitrogen and oxygen atoms in total. The van der Waals surface area contributed by atoms with E-state index in [0.29, 0.717) is 22.6 Å². The Morgan fingerprint density at radius 2 is 2.22 bits per heavy atom. The van der Waals surface area contributed by atoms with E-state index in [1.165, 1.54) is 11.3 Å².